The molecule has 9 heteroatoms. The van der Waals surface area contributed by atoms with Crippen LogP contribution in [0.5, 0.6) is 5.75 Å². The molecule has 0 aliphatic rings. The average Bonchev–Trinajstić information content (AvgIpc) is 2.75. The third kappa shape index (κ3) is 5.58. The fourth-order valence-corrected chi connectivity index (χ4v) is 4.05. The summed E-state index contributed by atoms with van der Waals surface area (Å²) < 4.78 is 12.0. The zero-order chi connectivity index (χ0) is 22.4. The van der Waals surface area contributed by atoms with Crippen molar-refractivity contribution < 1.29 is 14.3 Å². The maximum Gasteiger partial charge on any atom is 0.266 e. The van der Waals surface area contributed by atoms with E-state index in [4.69, 9.17) is 21.1 Å². The highest BCUT2D eigenvalue weighted by molar-refractivity contribution is 7.99. The number of rotatable bonds is 9. The number of aromatic nitrogens is 2. The molecule has 3 rings (SSSR count). The van der Waals surface area contributed by atoms with Crippen molar-refractivity contribution in [2.24, 2.45) is 0 Å². The fraction of sp³-hybridized carbons (Fsp3) is 0.318. The van der Waals surface area contributed by atoms with Crippen LogP contribution < -0.4 is 15.6 Å². The number of nitrogens with zero attached hydrogens (tertiary/aromatic N) is 2. The molecular formula is C22H24ClN3O4S. The van der Waals surface area contributed by atoms with Gasteiger partial charge in [0.25, 0.3) is 5.56 Å². The quantitative estimate of drug-likeness (QED) is 0.298. The number of benzene rings is 2. The van der Waals surface area contributed by atoms with E-state index in [1.165, 1.54) is 16.3 Å². The Morgan fingerprint density at radius 3 is 2.77 bits per heavy atom. The van der Waals surface area contributed by atoms with E-state index in [2.05, 4.69) is 10.3 Å². The van der Waals surface area contributed by atoms with Crippen LogP contribution in [0.1, 0.15) is 12.0 Å². The van der Waals surface area contributed by atoms with Crippen molar-refractivity contribution in [2.45, 2.75) is 18.5 Å². The van der Waals surface area contributed by atoms with Crippen LogP contribution in [0.2, 0.25) is 5.02 Å². The van der Waals surface area contributed by atoms with Gasteiger partial charge in [0.15, 0.2) is 5.16 Å². The van der Waals surface area contributed by atoms with Gasteiger partial charge in [0.05, 0.1) is 29.5 Å². The molecule has 1 heterocycles. The molecule has 0 spiro atoms. The van der Waals surface area contributed by atoms with Crippen LogP contribution in [0.3, 0.4) is 0 Å². The van der Waals surface area contributed by atoms with Gasteiger partial charge in [-0.2, -0.15) is 0 Å². The third-order valence-electron chi connectivity index (χ3n) is 4.56. The van der Waals surface area contributed by atoms with Gasteiger partial charge in [0, 0.05) is 25.3 Å². The Kier molecular flexibility index (Phi) is 7.95. The van der Waals surface area contributed by atoms with Crippen LogP contribution >= 0.6 is 23.4 Å². The molecule has 31 heavy (non-hydrogen) atoms. The molecular weight excluding hydrogens is 438 g/mol. The number of hydrogen-bond acceptors (Lipinski definition) is 6. The van der Waals surface area contributed by atoms with Gasteiger partial charge < -0.3 is 14.8 Å². The number of amides is 1. The first-order chi connectivity index (χ1) is 14.9. The molecule has 3 aromatic rings. The average molecular weight is 462 g/mol. The van der Waals surface area contributed by atoms with Crippen molar-refractivity contribution in [3.05, 3.63) is 57.3 Å². The second-order valence-electron chi connectivity index (χ2n) is 6.86. The minimum atomic E-state index is -0.256. The summed E-state index contributed by atoms with van der Waals surface area (Å²) in [5.74, 6) is 0.498. The predicted molar refractivity (Wildman–Crippen MR) is 124 cm³/mol. The van der Waals surface area contributed by atoms with Gasteiger partial charge in [0.1, 0.15) is 5.75 Å². The Hall–Kier alpha value is -2.55. The number of carbonyl (C=O) groups excluding carboxylic acids is 1. The van der Waals surface area contributed by atoms with Crippen LogP contribution in [-0.2, 0) is 9.53 Å². The number of fused-ring (bicyclic) bond motifs is 1. The Bertz CT molecular complexity index is 1150. The molecule has 0 bridgehead atoms. The normalized spacial score (nSPS) is 11.0. The van der Waals surface area contributed by atoms with E-state index in [1.54, 1.807) is 38.5 Å². The zero-order valence-electron chi connectivity index (χ0n) is 17.6. The van der Waals surface area contributed by atoms with Crippen molar-refractivity contribution in [2.75, 3.05) is 33.1 Å². The lowest BCUT2D eigenvalue weighted by Gasteiger charge is -2.16. The molecule has 0 aliphatic carbocycles. The van der Waals surface area contributed by atoms with Gasteiger partial charge in [-0.05, 0) is 49.2 Å². The summed E-state index contributed by atoms with van der Waals surface area (Å²) in [6, 6.07) is 10.5. The molecule has 0 saturated carbocycles. The summed E-state index contributed by atoms with van der Waals surface area (Å²) in [7, 11) is 3.17. The molecule has 0 unspecified atom stereocenters. The van der Waals surface area contributed by atoms with Crippen molar-refractivity contribution in [1.82, 2.24) is 14.9 Å². The molecule has 1 aromatic heterocycles. The lowest BCUT2D eigenvalue weighted by Crippen LogP contribution is -2.28. The van der Waals surface area contributed by atoms with Crippen molar-refractivity contribution in [3.8, 4) is 11.4 Å². The Labute approximate surface area is 189 Å². The van der Waals surface area contributed by atoms with E-state index in [9.17, 15) is 9.59 Å². The largest absolute Gasteiger partial charge is 0.495 e. The maximum absolute atomic E-state index is 13.4. The van der Waals surface area contributed by atoms with Crippen LogP contribution in [0.15, 0.2) is 46.3 Å². The summed E-state index contributed by atoms with van der Waals surface area (Å²) in [4.78, 5) is 30.3. The molecule has 1 N–H and O–H groups in total. The first-order valence-electron chi connectivity index (χ1n) is 9.70. The molecule has 164 valence electrons. The highest BCUT2D eigenvalue weighted by atomic mass is 35.5. The monoisotopic (exact) mass is 461 g/mol. The highest BCUT2D eigenvalue weighted by Crippen LogP contribution is 2.28. The maximum atomic E-state index is 13.4. The van der Waals surface area contributed by atoms with E-state index in [1.807, 2.05) is 19.1 Å². The van der Waals surface area contributed by atoms with Gasteiger partial charge in [-0.3, -0.25) is 14.2 Å². The smallest absolute Gasteiger partial charge is 0.266 e. The number of halogens is 1. The Morgan fingerprint density at radius 2 is 2.03 bits per heavy atom. The molecule has 1 amide bonds. The molecule has 0 aliphatic heterocycles. The number of carbonyl (C=O) groups is 1. The molecule has 7 nitrogen and oxygen atoms in total. The zero-order valence-corrected chi connectivity index (χ0v) is 19.2. The van der Waals surface area contributed by atoms with Crippen LogP contribution in [-0.4, -0.2) is 48.6 Å². The summed E-state index contributed by atoms with van der Waals surface area (Å²) in [6.07, 6.45) is 0.727. The summed E-state index contributed by atoms with van der Waals surface area (Å²) >= 11 is 7.29. The SMILES string of the molecule is COCCCNC(=O)CSc1nc2cc(Cl)ccc2c(=O)n1-c1cc(C)ccc1OC. The Balaban J connectivity index is 2.03. The van der Waals surface area contributed by atoms with Gasteiger partial charge in [-0.15, -0.1) is 0 Å². The summed E-state index contributed by atoms with van der Waals surface area (Å²) in [5.41, 5.74) is 1.75. The number of methoxy groups -OCH3 is 2. The van der Waals surface area contributed by atoms with Crippen molar-refractivity contribution in [1.29, 1.82) is 0 Å². The van der Waals surface area contributed by atoms with E-state index in [-0.39, 0.29) is 17.2 Å². The summed E-state index contributed by atoms with van der Waals surface area (Å²) in [5, 5.41) is 4.14. The first kappa shape index (κ1) is 23.1. The lowest BCUT2D eigenvalue weighted by molar-refractivity contribution is -0.118. The third-order valence-corrected chi connectivity index (χ3v) is 5.73. The van der Waals surface area contributed by atoms with Crippen LogP contribution in [0.4, 0.5) is 0 Å². The first-order valence-corrected chi connectivity index (χ1v) is 11.1. The van der Waals surface area contributed by atoms with Crippen molar-refractivity contribution in [3.63, 3.8) is 0 Å². The number of aryl methyl sites for hydroxylation is 1. The lowest BCUT2D eigenvalue weighted by atomic mass is 10.2. The standard InChI is InChI=1S/C22H24ClN3O4S/c1-14-5-8-19(30-3)18(11-14)26-21(28)16-7-6-15(23)12-17(16)25-22(26)31-13-20(27)24-9-4-10-29-2/h5-8,11-12H,4,9-10,13H2,1-3H3,(H,24,27). The van der Waals surface area contributed by atoms with Crippen LogP contribution in [0.25, 0.3) is 16.6 Å². The molecule has 0 atom stereocenters. The second kappa shape index (κ2) is 10.7. The minimum absolute atomic E-state index is 0.111. The van der Waals surface area contributed by atoms with E-state index >= 15 is 0 Å². The Morgan fingerprint density at radius 1 is 1.23 bits per heavy atom. The topological polar surface area (TPSA) is 82.5 Å². The molecule has 2 aromatic carbocycles. The van der Waals surface area contributed by atoms with Crippen LogP contribution in [0, 0.1) is 6.92 Å². The number of hydrogen-bond donors (Lipinski definition) is 1. The number of ether oxygens (including phenoxy) is 2. The molecule has 0 fully saturated rings. The second-order valence-corrected chi connectivity index (χ2v) is 8.24. The van der Waals surface area contributed by atoms with E-state index < -0.39 is 0 Å². The molecule has 0 radical (unpaired) electrons. The summed E-state index contributed by atoms with van der Waals surface area (Å²) in [6.45, 7) is 3.03. The molecule has 0 saturated heterocycles. The van der Waals surface area contributed by atoms with Gasteiger partial charge in [0.2, 0.25) is 5.91 Å². The van der Waals surface area contributed by atoms with Gasteiger partial charge >= 0.3 is 0 Å². The van der Waals surface area contributed by atoms with Crippen molar-refractivity contribution >= 4 is 40.2 Å². The van der Waals surface area contributed by atoms with Gasteiger partial charge in [-0.1, -0.05) is 29.4 Å². The predicted octanol–water partition coefficient (Wildman–Crippen LogP) is 3.60. The number of thioether (sulfide) groups is 1. The van der Waals surface area contributed by atoms with Gasteiger partial charge in [-0.25, -0.2) is 4.98 Å². The number of nitrogens with one attached hydrogen (secondary N) is 1. The van der Waals surface area contributed by atoms with E-state index in [0.717, 1.165) is 12.0 Å². The fourth-order valence-electron chi connectivity index (χ4n) is 3.05. The minimum Gasteiger partial charge on any atom is -0.495 e. The van der Waals surface area contributed by atoms with E-state index in [0.29, 0.717) is 45.7 Å². The highest BCUT2D eigenvalue weighted by Gasteiger charge is 2.18.